The summed E-state index contributed by atoms with van der Waals surface area (Å²) >= 11 is 7.27. The fraction of sp³-hybridized carbons (Fsp3) is 0.118. The van der Waals surface area contributed by atoms with Crippen molar-refractivity contribution < 1.29 is 9.18 Å². The van der Waals surface area contributed by atoms with E-state index in [4.69, 9.17) is 11.6 Å². The van der Waals surface area contributed by atoms with Crippen LogP contribution in [0.5, 0.6) is 0 Å². The fourth-order valence-electron chi connectivity index (χ4n) is 2.26. The van der Waals surface area contributed by atoms with Crippen molar-refractivity contribution in [2.75, 3.05) is 7.05 Å². The molecule has 1 aromatic carbocycles. The molecule has 0 saturated carbocycles. The van der Waals surface area contributed by atoms with Gasteiger partial charge in [-0.1, -0.05) is 23.7 Å². The highest BCUT2D eigenvalue weighted by Gasteiger charge is 2.17. The van der Waals surface area contributed by atoms with Crippen LogP contribution in [-0.2, 0) is 6.54 Å². The van der Waals surface area contributed by atoms with Gasteiger partial charge in [-0.05, 0) is 30.3 Å². The van der Waals surface area contributed by atoms with Gasteiger partial charge in [0, 0.05) is 18.0 Å². The lowest BCUT2D eigenvalue weighted by Crippen LogP contribution is -2.30. The van der Waals surface area contributed by atoms with Crippen molar-refractivity contribution in [2.24, 2.45) is 0 Å². The van der Waals surface area contributed by atoms with Crippen molar-refractivity contribution in [1.29, 1.82) is 0 Å². The first-order valence-corrected chi connectivity index (χ1v) is 8.50. The van der Waals surface area contributed by atoms with E-state index in [9.17, 15) is 14.0 Å². The zero-order valence-electron chi connectivity index (χ0n) is 13.1. The van der Waals surface area contributed by atoms with Crippen molar-refractivity contribution in [3.8, 4) is 5.69 Å². The average Bonchev–Trinajstić information content (AvgIpc) is 3.00. The number of amides is 1. The Morgan fingerprint density at radius 2 is 2.00 bits per heavy atom. The van der Waals surface area contributed by atoms with Crippen molar-refractivity contribution >= 4 is 28.8 Å². The van der Waals surface area contributed by atoms with E-state index in [0.717, 1.165) is 9.56 Å². The molecule has 0 bridgehead atoms. The molecule has 0 unspecified atom stereocenters. The number of rotatable bonds is 4. The SMILES string of the molecule is CN(Cc1ccc(Cl)s1)C(=O)c1ccc(=O)n(-c2ccccc2F)n1. The molecule has 3 aromatic rings. The van der Waals surface area contributed by atoms with Gasteiger partial charge in [-0.2, -0.15) is 9.78 Å². The molecular formula is C17H13ClFN3O2S. The Morgan fingerprint density at radius 1 is 1.24 bits per heavy atom. The molecule has 5 nitrogen and oxygen atoms in total. The Bertz CT molecular complexity index is 986. The number of benzene rings is 1. The molecule has 0 atom stereocenters. The van der Waals surface area contributed by atoms with Crippen LogP contribution in [0.3, 0.4) is 0 Å². The van der Waals surface area contributed by atoms with E-state index in [1.54, 1.807) is 19.2 Å². The molecule has 0 radical (unpaired) electrons. The molecule has 0 aliphatic rings. The Morgan fingerprint density at radius 3 is 2.68 bits per heavy atom. The maximum Gasteiger partial charge on any atom is 0.274 e. The van der Waals surface area contributed by atoms with Crippen molar-refractivity contribution in [2.45, 2.75) is 6.54 Å². The first-order chi connectivity index (χ1) is 12.0. The summed E-state index contributed by atoms with van der Waals surface area (Å²) in [5.74, 6) is -0.974. The Hall–Kier alpha value is -2.51. The molecule has 3 rings (SSSR count). The summed E-state index contributed by atoms with van der Waals surface area (Å²) in [6.07, 6.45) is 0. The number of carbonyl (C=O) groups excluding carboxylic acids is 1. The first-order valence-electron chi connectivity index (χ1n) is 7.30. The molecule has 0 fully saturated rings. The minimum absolute atomic E-state index is 0.00478. The number of thiophene rings is 1. The van der Waals surface area contributed by atoms with Gasteiger partial charge < -0.3 is 4.90 Å². The second-order valence-electron chi connectivity index (χ2n) is 5.29. The van der Waals surface area contributed by atoms with Gasteiger partial charge in [0.15, 0.2) is 0 Å². The van der Waals surface area contributed by atoms with E-state index in [-0.39, 0.29) is 17.3 Å². The van der Waals surface area contributed by atoms with E-state index in [2.05, 4.69) is 5.10 Å². The summed E-state index contributed by atoms with van der Waals surface area (Å²) in [5.41, 5.74) is -0.475. The highest BCUT2D eigenvalue weighted by atomic mass is 35.5. The number of aromatic nitrogens is 2. The topological polar surface area (TPSA) is 55.2 Å². The summed E-state index contributed by atoms with van der Waals surface area (Å²) in [6, 6.07) is 11.9. The predicted octanol–water partition coefficient (Wildman–Crippen LogP) is 3.36. The van der Waals surface area contributed by atoms with Crippen LogP contribution in [0.25, 0.3) is 5.69 Å². The smallest absolute Gasteiger partial charge is 0.274 e. The van der Waals surface area contributed by atoms with Crippen LogP contribution >= 0.6 is 22.9 Å². The summed E-state index contributed by atoms with van der Waals surface area (Å²) < 4.78 is 15.5. The third-order valence-electron chi connectivity index (χ3n) is 3.47. The van der Waals surface area contributed by atoms with E-state index < -0.39 is 11.4 Å². The van der Waals surface area contributed by atoms with E-state index >= 15 is 0 Å². The quantitative estimate of drug-likeness (QED) is 0.700. The maximum atomic E-state index is 13.9. The van der Waals surface area contributed by atoms with Crippen molar-refractivity contribution in [1.82, 2.24) is 14.7 Å². The van der Waals surface area contributed by atoms with Gasteiger partial charge in [-0.15, -0.1) is 11.3 Å². The maximum absolute atomic E-state index is 13.9. The summed E-state index contributed by atoms with van der Waals surface area (Å²) in [6.45, 7) is 0.358. The largest absolute Gasteiger partial charge is 0.335 e. The second kappa shape index (κ2) is 7.16. The normalized spacial score (nSPS) is 10.7. The lowest BCUT2D eigenvalue weighted by atomic mass is 10.3. The van der Waals surface area contributed by atoms with Crippen LogP contribution in [0.2, 0.25) is 4.34 Å². The molecule has 0 saturated heterocycles. The third kappa shape index (κ3) is 3.78. The number of hydrogen-bond donors (Lipinski definition) is 0. The van der Waals surface area contributed by atoms with Gasteiger partial charge in [0.25, 0.3) is 11.5 Å². The summed E-state index contributed by atoms with van der Waals surface area (Å²) in [4.78, 5) is 26.9. The fourth-order valence-corrected chi connectivity index (χ4v) is 3.40. The lowest BCUT2D eigenvalue weighted by molar-refractivity contribution is 0.0778. The van der Waals surface area contributed by atoms with Crippen LogP contribution in [0.1, 0.15) is 15.4 Å². The Balaban J connectivity index is 1.90. The van der Waals surface area contributed by atoms with Gasteiger partial charge in [-0.25, -0.2) is 4.39 Å². The van der Waals surface area contributed by atoms with Crippen LogP contribution in [-0.4, -0.2) is 27.6 Å². The van der Waals surface area contributed by atoms with E-state index in [1.807, 2.05) is 6.07 Å². The van der Waals surface area contributed by atoms with Crippen LogP contribution in [0.4, 0.5) is 4.39 Å². The van der Waals surface area contributed by atoms with E-state index in [1.165, 1.54) is 46.6 Å². The predicted molar refractivity (Wildman–Crippen MR) is 94.9 cm³/mol. The van der Waals surface area contributed by atoms with Gasteiger partial charge in [0.05, 0.1) is 10.9 Å². The standard InChI is InChI=1S/C17H13ClFN3O2S/c1-21(10-11-6-8-15(18)25-11)17(24)13-7-9-16(23)22(20-13)14-5-3-2-4-12(14)19/h2-9H,10H2,1H3. The van der Waals surface area contributed by atoms with Crippen LogP contribution in [0.15, 0.2) is 53.3 Å². The third-order valence-corrected chi connectivity index (χ3v) is 4.68. The molecule has 8 heteroatoms. The molecule has 128 valence electrons. The monoisotopic (exact) mass is 377 g/mol. The Labute approximate surface area is 151 Å². The number of carbonyl (C=O) groups is 1. The van der Waals surface area contributed by atoms with Gasteiger partial charge in [0.2, 0.25) is 0 Å². The molecule has 0 aliphatic heterocycles. The Kier molecular flexibility index (Phi) is 4.96. The van der Waals surface area contributed by atoms with Crippen molar-refractivity contribution in [3.63, 3.8) is 0 Å². The molecule has 1 amide bonds. The molecular weight excluding hydrogens is 365 g/mol. The molecule has 0 aliphatic carbocycles. The minimum Gasteiger partial charge on any atom is -0.335 e. The van der Waals surface area contributed by atoms with Gasteiger partial charge >= 0.3 is 0 Å². The highest BCUT2D eigenvalue weighted by Crippen LogP contribution is 2.22. The summed E-state index contributed by atoms with van der Waals surface area (Å²) in [7, 11) is 1.62. The number of para-hydroxylation sites is 1. The zero-order valence-corrected chi connectivity index (χ0v) is 14.7. The number of halogens is 2. The molecule has 2 aromatic heterocycles. The van der Waals surface area contributed by atoms with Crippen molar-refractivity contribution in [3.05, 3.63) is 79.6 Å². The lowest BCUT2D eigenvalue weighted by Gasteiger charge is -2.16. The molecule has 25 heavy (non-hydrogen) atoms. The van der Waals surface area contributed by atoms with Gasteiger partial charge in [0.1, 0.15) is 17.2 Å². The molecule has 2 heterocycles. The summed E-state index contributed by atoms with van der Waals surface area (Å²) in [5, 5.41) is 4.02. The zero-order chi connectivity index (χ0) is 18.0. The number of hydrogen-bond acceptors (Lipinski definition) is 4. The first kappa shape index (κ1) is 17.3. The highest BCUT2D eigenvalue weighted by molar-refractivity contribution is 7.16. The van der Waals surface area contributed by atoms with E-state index in [0.29, 0.717) is 10.9 Å². The average molecular weight is 378 g/mol. The van der Waals surface area contributed by atoms with Gasteiger partial charge in [-0.3, -0.25) is 9.59 Å². The van der Waals surface area contributed by atoms with Crippen LogP contribution < -0.4 is 5.56 Å². The van der Waals surface area contributed by atoms with Crippen LogP contribution in [0, 0.1) is 5.82 Å². The molecule has 0 spiro atoms. The number of nitrogens with zero attached hydrogens (tertiary/aromatic N) is 3. The minimum atomic E-state index is -0.594. The second-order valence-corrected chi connectivity index (χ2v) is 7.09. The molecule has 0 N–H and O–H groups in total.